The summed E-state index contributed by atoms with van der Waals surface area (Å²) in [5.74, 6) is -4.60. The lowest BCUT2D eigenvalue weighted by Gasteiger charge is -2.14. The van der Waals surface area contributed by atoms with Crippen molar-refractivity contribution in [3.05, 3.63) is 29.3 Å². The molecule has 19 heavy (non-hydrogen) atoms. The van der Waals surface area contributed by atoms with E-state index >= 15 is 0 Å². The molecule has 0 aromatic heterocycles. The molecular formula is C13H15F2NO3. The van der Waals surface area contributed by atoms with Crippen LogP contribution in [0.4, 0.5) is 14.5 Å². The molecule has 1 aromatic carbocycles. The van der Waals surface area contributed by atoms with E-state index in [0.29, 0.717) is 25.0 Å². The molecule has 1 rings (SSSR count). The van der Waals surface area contributed by atoms with Crippen molar-refractivity contribution in [2.24, 2.45) is 5.92 Å². The molecule has 0 radical (unpaired) electrons. The fraction of sp³-hybridized carbons (Fsp3) is 0.385. The van der Waals surface area contributed by atoms with Gasteiger partial charge in [-0.1, -0.05) is 13.8 Å². The molecule has 0 aliphatic rings. The highest BCUT2D eigenvalue weighted by molar-refractivity contribution is 6.01. The van der Waals surface area contributed by atoms with Gasteiger partial charge in [-0.3, -0.25) is 4.79 Å². The molecular weight excluding hydrogens is 256 g/mol. The summed E-state index contributed by atoms with van der Waals surface area (Å²) in [6, 6.07) is 1.24. The molecule has 0 spiro atoms. The second-order valence-electron chi connectivity index (χ2n) is 4.12. The van der Waals surface area contributed by atoms with Crippen LogP contribution in [0.1, 0.15) is 37.0 Å². The minimum Gasteiger partial charge on any atom is -0.478 e. The smallest absolute Gasteiger partial charge is 0.337 e. The summed E-state index contributed by atoms with van der Waals surface area (Å²) in [4.78, 5) is 22.8. The summed E-state index contributed by atoms with van der Waals surface area (Å²) in [7, 11) is 0. The molecule has 0 heterocycles. The van der Waals surface area contributed by atoms with E-state index in [2.05, 4.69) is 5.32 Å². The van der Waals surface area contributed by atoms with Crippen LogP contribution in [0.3, 0.4) is 0 Å². The number of carbonyl (C=O) groups is 2. The topological polar surface area (TPSA) is 66.4 Å². The van der Waals surface area contributed by atoms with Gasteiger partial charge >= 0.3 is 5.97 Å². The van der Waals surface area contributed by atoms with Crippen LogP contribution in [0.2, 0.25) is 0 Å². The Labute approximate surface area is 109 Å². The molecule has 0 unspecified atom stereocenters. The predicted molar refractivity (Wildman–Crippen MR) is 66.0 cm³/mol. The molecule has 4 nitrogen and oxygen atoms in total. The van der Waals surface area contributed by atoms with Gasteiger partial charge in [0.2, 0.25) is 5.91 Å². The second kappa shape index (κ2) is 6.26. The zero-order valence-corrected chi connectivity index (χ0v) is 10.7. The van der Waals surface area contributed by atoms with Crippen LogP contribution < -0.4 is 5.32 Å². The first-order valence-corrected chi connectivity index (χ1v) is 5.93. The average molecular weight is 271 g/mol. The summed E-state index contributed by atoms with van der Waals surface area (Å²) in [6.07, 6.45) is 1.16. The Morgan fingerprint density at radius 2 is 1.74 bits per heavy atom. The molecule has 0 saturated carbocycles. The number of benzene rings is 1. The zero-order chi connectivity index (χ0) is 14.6. The lowest BCUT2D eigenvalue weighted by atomic mass is 10.0. The van der Waals surface area contributed by atoms with E-state index in [4.69, 9.17) is 5.11 Å². The van der Waals surface area contributed by atoms with Crippen LogP contribution in [0.5, 0.6) is 0 Å². The van der Waals surface area contributed by atoms with Gasteiger partial charge in [0.1, 0.15) is 0 Å². The van der Waals surface area contributed by atoms with Crippen LogP contribution in [-0.4, -0.2) is 17.0 Å². The average Bonchev–Trinajstić information content (AvgIpc) is 2.34. The first-order valence-electron chi connectivity index (χ1n) is 5.93. The molecule has 1 aromatic rings. The van der Waals surface area contributed by atoms with Gasteiger partial charge in [-0.05, 0) is 18.9 Å². The Balaban J connectivity index is 3.09. The van der Waals surface area contributed by atoms with E-state index in [9.17, 15) is 18.4 Å². The standard InChI is InChI=1S/C13H15F2NO3/c1-3-7(4-2)12(17)16-11-6-10(15)9(14)5-8(11)13(18)19/h5-7H,3-4H2,1-2H3,(H,16,17)(H,18,19). The largest absolute Gasteiger partial charge is 0.478 e. The minimum absolute atomic E-state index is 0.233. The third kappa shape index (κ3) is 3.49. The summed E-state index contributed by atoms with van der Waals surface area (Å²) in [5.41, 5.74) is -0.707. The van der Waals surface area contributed by atoms with Gasteiger partial charge in [-0.25, -0.2) is 13.6 Å². The number of hydrogen-bond acceptors (Lipinski definition) is 2. The van der Waals surface area contributed by atoms with Crippen molar-refractivity contribution in [1.82, 2.24) is 0 Å². The first-order chi connectivity index (χ1) is 8.90. The normalized spacial score (nSPS) is 10.6. The maximum atomic E-state index is 13.1. The number of nitrogens with one attached hydrogen (secondary N) is 1. The van der Waals surface area contributed by atoms with Gasteiger partial charge < -0.3 is 10.4 Å². The molecule has 104 valence electrons. The van der Waals surface area contributed by atoms with Gasteiger partial charge in [0.15, 0.2) is 11.6 Å². The fourth-order valence-electron chi connectivity index (χ4n) is 1.72. The Morgan fingerprint density at radius 1 is 1.21 bits per heavy atom. The van der Waals surface area contributed by atoms with Gasteiger partial charge in [-0.2, -0.15) is 0 Å². The van der Waals surface area contributed by atoms with Crippen LogP contribution >= 0.6 is 0 Å². The Morgan fingerprint density at radius 3 is 2.21 bits per heavy atom. The molecule has 0 saturated heterocycles. The van der Waals surface area contributed by atoms with Crippen molar-refractivity contribution in [3.8, 4) is 0 Å². The van der Waals surface area contributed by atoms with E-state index in [1.807, 2.05) is 13.8 Å². The Kier molecular flexibility index (Phi) is 4.97. The highest BCUT2D eigenvalue weighted by Gasteiger charge is 2.20. The maximum absolute atomic E-state index is 13.1. The van der Waals surface area contributed by atoms with E-state index in [0.717, 1.165) is 0 Å². The van der Waals surface area contributed by atoms with E-state index in [-0.39, 0.29) is 11.6 Å². The molecule has 1 amide bonds. The predicted octanol–water partition coefficient (Wildman–Crippen LogP) is 3.04. The maximum Gasteiger partial charge on any atom is 0.337 e. The number of rotatable bonds is 5. The lowest BCUT2D eigenvalue weighted by Crippen LogP contribution is -2.23. The van der Waals surface area contributed by atoms with Crippen molar-refractivity contribution >= 4 is 17.6 Å². The zero-order valence-electron chi connectivity index (χ0n) is 10.7. The number of hydrogen-bond donors (Lipinski definition) is 2. The second-order valence-corrected chi connectivity index (χ2v) is 4.12. The van der Waals surface area contributed by atoms with E-state index in [1.165, 1.54) is 0 Å². The van der Waals surface area contributed by atoms with Crippen molar-refractivity contribution < 1.29 is 23.5 Å². The number of aromatic carboxylic acids is 1. The number of carboxylic acid groups (broad SMARTS) is 1. The minimum atomic E-state index is -1.43. The first kappa shape index (κ1) is 15.1. The van der Waals surface area contributed by atoms with Crippen LogP contribution in [0, 0.1) is 17.6 Å². The molecule has 0 aliphatic carbocycles. The summed E-state index contributed by atoms with van der Waals surface area (Å²) in [6.45, 7) is 3.63. The van der Waals surface area contributed by atoms with Gasteiger partial charge in [0, 0.05) is 12.0 Å². The van der Waals surface area contributed by atoms with Crippen LogP contribution in [0.25, 0.3) is 0 Å². The van der Waals surface area contributed by atoms with Crippen molar-refractivity contribution in [3.63, 3.8) is 0 Å². The number of amides is 1. The van der Waals surface area contributed by atoms with Gasteiger partial charge in [0.05, 0.1) is 11.3 Å². The Bertz CT molecular complexity index is 499. The highest BCUT2D eigenvalue weighted by atomic mass is 19.2. The monoisotopic (exact) mass is 271 g/mol. The van der Waals surface area contributed by atoms with E-state index in [1.54, 1.807) is 0 Å². The molecule has 2 N–H and O–H groups in total. The Hall–Kier alpha value is -1.98. The third-order valence-electron chi connectivity index (χ3n) is 2.91. The van der Waals surface area contributed by atoms with Gasteiger partial charge in [0.25, 0.3) is 0 Å². The highest BCUT2D eigenvalue weighted by Crippen LogP contribution is 2.21. The summed E-state index contributed by atoms with van der Waals surface area (Å²) < 4.78 is 26.1. The van der Waals surface area contributed by atoms with Crippen LogP contribution in [0.15, 0.2) is 12.1 Å². The van der Waals surface area contributed by atoms with Crippen molar-refractivity contribution in [1.29, 1.82) is 0 Å². The quantitative estimate of drug-likeness (QED) is 0.865. The SMILES string of the molecule is CCC(CC)C(=O)Nc1cc(F)c(F)cc1C(=O)O. The van der Waals surface area contributed by atoms with Crippen molar-refractivity contribution in [2.75, 3.05) is 5.32 Å². The van der Waals surface area contributed by atoms with Gasteiger partial charge in [-0.15, -0.1) is 0 Å². The number of carbonyl (C=O) groups excluding carboxylic acids is 1. The number of carboxylic acids is 1. The summed E-state index contributed by atoms with van der Waals surface area (Å²) >= 11 is 0. The van der Waals surface area contributed by atoms with Crippen molar-refractivity contribution in [2.45, 2.75) is 26.7 Å². The van der Waals surface area contributed by atoms with E-state index < -0.39 is 29.1 Å². The molecule has 0 fully saturated rings. The number of anilines is 1. The third-order valence-corrected chi connectivity index (χ3v) is 2.91. The molecule has 0 atom stereocenters. The van der Waals surface area contributed by atoms with Crippen LogP contribution in [-0.2, 0) is 4.79 Å². The number of halogens is 2. The fourth-order valence-corrected chi connectivity index (χ4v) is 1.72. The summed E-state index contributed by atoms with van der Waals surface area (Å²) in [5, 5.41) is 11.2. The molecule has 0 aliphatic heterocycles. The molecule has 0 bridgehead atoms. The molecule has 6 heteroatoms. The lowest BCUT2D eigenvalue weighted by molar-refractivity contribution is -0.120.